The molecule has 0 aliphatic heterocycles. The van der Waals surface area contributed by atoms with Gasteiger partial charge in [0.05, 0.1) is 10.7 Å². The van der Waals surface area contributed by atoms with Crippen molar-refractivity contribution in [3.63, 3.8) is 0 Å². The monoisotopic (exact) mass is 349 g/mol. The van der Waals surface area contributed by atoms with Crippen LogP contribution in [0.3, 0.4) is 0 Å². The molecule has 16 heavy (non-hydrogen) atoms. The molecule has 5 nitrogen and oxygen atoms in total. The van der Waals surface area contributed by atoms with E-state index in [-0.39, 0.29) is 5.75 Å². The number of benzene rings is 1. The van der Waals surface area contributed by atoms with Gasteiger partial charge in [-0.3, -0.25) is 0 Å². The average molecular weight is 349 g/mol. The van der Waals surface area contributed by atoms with Crippen molar-refractivity contribution in [1.29, 1.82) is 0 Å². The Labute approximate surface area is 109 Å². The molecular formula is C9H8IN3O2S. The quantitative estimate of drug-likeness (QED) is 0.812. The second-order valence-electron chi connectivity index (χ2n) is 2.95. The summed E-state index contributed by atoms with van der Waals surface area (Å²) in [6.07, 6.45) is 0. The molecule has 2 aromatic rings. The van der Waals surface area contributed by atoms with E-state index in [0.29, 0.717) is 19.5 Å². The van der Waals surface area contributed by atoms with Crippen LogP contribution in [0.2, 0.25) is 0 Å². The molecule has 0 atom stereocenters. The Morgan fingerprint density at radius 2 is 2.19 bits per heavy atom. The molecule has 0 fully saturated rings. The van der Waals surface area contributed by atoms with E-state index in [9.17, 15) is 5.11 Å². The Kier molecular flexibility index (Phi) is 3.15. The first-order chi connectivity index (χ1) is 7.61. The number of rotatable bonds is 2. The summed E-state index contributed by atoms with van der Waals surface area (Å²) in [5.41, 5.74) is 6.34. The van der Waals surface area contributed by atoms with Crippen LogP contribution < -0.4 is 10.5 Å². The number of hydrogen-bond donors (Lipinski definition) is 2. The number of methoxy groups -OCH3 is 1. The van der Waals surface area contributed by atoms with E-state index in [2.05, 4.69) is 10.2 Å². The molecule has 0 saturated carbocycles. The first-order valence-electron chi connectivity index (χ1n) is 4.27. The summed E-state index contributed by atoms with van der Waals surface area (Å²) >= 11 is 3.32. The highest BCUT2D eigenvalue weighted by Crippen LogP contribution is 2.37. The second-order valence-corrected chi connectivity index (χ2v) is 5.13. The number of nitrogens with zero attached hydrogens (tertiary/aromatic N) is 2. The lowest BCUT2D eigenvalue weighted by molar-refractivity contribution is 0.372. The predicted octanol–water partition coefficient (Wildman–Crippen LogP) is 2.11. The maximum absolute atomic E-state index is 9.68. The minimum Gasteiger partial charge on any atom is -0.504 e. The third kappa shape index (κ3) is 2.05. The SMILES string of the molecule is COc1cc(-c2nnc(N)s2)cc(I)c1O. The van der Waals surface area contributed by atoms with Gasteiger partial charge in [0.2, 0.25) is 5.13 Å². The van der Waals surface area contributed by atoms with Gasteiger partial charge in [0.15, 0.2) is 11.5 Å². The van der Waals surface area contributed by atoms with Gasteiger partial charge in [-0.05, 0) is 34.7 Å². The lowest BCUT2D eigenvalue weighted by Gasteiger charge is -2.06. The van der Waals surface area contributed by atoms with E-state index in [1.807, 2.05) is 22.6 Å². The smallest absolute Gasteiger partial charge is 0.203 e. The molecule has 0 amide bonds. The fraction of sp³-hybridized carbons (Fsp3) is 0.111. The molecule has 0 saturated heterocycles. The molecule has 1 aromatic heterocycles. The summed E-state index contributed by atoms with van der Waals surface area (Å²) in [6.45, 7) is 0. The maximum atomic E-state index is 9.68. The summed E-state index contributed by atoms with van der Waals surface area (Å²) in [5, 5.41) is 18.5. The highest BCUT2D eigenvalue weighted by molar-refractivity contribution is 14.1. The topological polar surface area (TPSA) is 81.3 Å². The van der Waals surface area contributed by atoms with Crippen molar-refractivity contribution in [1.82, 2.24) is 10.2 Å². The Morgan fingerprint density at radius 3 is 2.75 bits per heavy atom. The zero-order valence-electron chi connectivity index (χ0n) is 8.27. The number of phenols is 1. The van der Waals surface area contributed by atoms with Gasteiger partial charge in [-0.1, -0.05) is 11.3 Å². The number of aromatic nitrogens is 2. The normalized spacial score (nSPS) is 10.4. The van der Waals surface area contributed by atoms with Gasteiger partial charge in [-0.2, -0.15) is 0 Å². The van der Waals surface area contributed by atoms with Crippen LogP contribution in [0.25, 0.3) is 10.6 Å². The molecule has 0 unspecified atom stereocenters. The average Bonchev–Trinajstić information content (AvgIpc) is 2.69. The number of hydrogen-bond acceptors (Lipinski definition) is 6. The number of aromatic hydroxyl groups is 1. The second kappa shape index (κ2) is 4.42. The summed E-state index contributed by atoms with van der Waals surface area (Å²) in [4.78, 5) is 0. The van der Waals surface area contributed by atoms with Crippen molar-refractivity contribution in [3.8, 4) is 22.1 Å². The van der Waals surface area contributed by atoms with E-state index in [4.69, 9.17) is 10.5 Å². The fourth-order valence-corrected chi connectivity index (χ4v) is 2.40. The first kappa shape index (κ1) is 11.4. The standard InChI is InChI=1S/C9H8IN3O2S/c1-15-6-3-4(2-5(10)7(6)14)8-12-13-9(11)16-8/h2-3,14H,1H3,(H2,11,13). The van der Waals surface area contributed by atoms with Gasteiger partial charge >= 0.3 is 0 Å². The summed E-state index contributed by atoms with van der Waals surface area (Å²) in [6, 6.07) is 3.51. The molecule has 0 radical (unpaired) electrons. The summed E-state index contributed by atoms with van der Waals surface area (Å²) in [7, 11) is 1.50. The van der Waals surface area contributed by atoms with Crippen LogP contribution in [0.15, 0.2) is 12.1 Å². The van der Waals surface area contributed by atoms with Crippen LogP contribution in [0.4, 0.5) is 5.13 Å². The van der Waals surface area contributed by atoms with E-state index >= 15 is 0 Å². The minimum absolute atomic E-state index is 0.129. The number of ether oxygens (including phenoxy) is 1. The van der Waals surface area contributed by atoms with Crippen molar-refractivity contribution in [2.75, 3.05) is 12.8 Å². The molecule has 3 N–H and O–H groups in total. The van der Waals surface area contributed by atoms with Crippen LogP contribution in [-0.2, 0) is 0 Å². The highest BCUT2D eigenvalue weighted by atomic mass is 127. The Bertz CT molecular complexity index is 529. The van der Waals surface area contributed by atoms with Gasteiger partial charge < -0.3 is 15.6 Å². The largest absolute Gasteiger partial charge is 0.504 e. The van der Waals surface area contributed by atoms with Crippen LogP contribution >= 0.6 is 33.9 Å². The van der Waals surface area contributed by atoms with Gasteiger partial charge in [0, 0.05) is 5.56 Å². The predicted molar refractivity (Wildman–Crippen MR) is 70.7 cm³/mol. The third-order valence-electron chi connectivity index (χ3n) is 1.94. The van der Waals surface area contributed by atoms with Crippen molar-refractivity contribution in [3.05, 3.63) is 15.7 Å². The van der Waals surface area contributed by atoms with Gasteiger partial charge in [-0.25, -0.2) is 0 Å². The van der Waals surface area contributed by atoms with E-state index in [1.54, 1.807) is 12.1 Å². The van der Waals surface area contributed by atoms with Crippen molar-refractivity contribution < 1.29 is 9.84 Å². The minimum atomic E-state index is 0.129. The van der Waals surface area contributed by atoms with Gasteiger partial charge in [0.1, 0.15) is 5.01 Å². The van der Waals surface area contributed by atoms with E-state index < -0.39 is 0 Å². The maximum Gasteiger partial charge on any atom is 0.203 e. The molecular weight excluding hydrogens is 341 g/mol. The van der Waals surface area contributed by atoms with Crippen LogP contribution in [0.1, 0.15) is 0 Å². The van der Waals surface area contributed by atoms with E-state index in [1.165, 1.54) is 18.4 Å². The summed E-state index contributed by atoms with van der Waals surface area (Å²) in [5.74, 6) is 0.542. The molecule has 0 spiro atoms. The lowest BCUT2D eigenvalue weighted by Crippen LogP contribution is -1.88. The first-order valence-corrected chi connectivity index (χ1v) is 6.17. The van der Waals surface area contributed by atoms with Gasteiger partial charge in [-0.15, -0.1) is 10.2 Å². The van der Waals surface area contributed by atoms with Gasteiger partial charge in [0.25, 0.3) is 0 Å². The molecule has 0 aliphatic rings. The number of phenolic OH excluding ortho intramolecular Hbond substituents is 1. The number of halogens is 1. The molecule has 1 heterocycles. The molecule has 2 rings (SSSR count). The van der Waals surface area contributed by atoms with Crippen LogP contribution in [-0.4, -0.2) is 22.4 Å². The van der Waals surface area contributed by atoms with Crippen LogP contribution in [0, 0.1) is 3.57 Å². The molecule has 1 aromatic carbocycles. The molecule has 0 bridgehead atoms. The molecule has 84 valence electrons. The fourth-order valence-electron chi connectivity index (χ4n) is 1.20. The highest BCUT2D eigenvalue weighted by Gasteiger charge is 2.12. The number of nitrogens with two attached hydrogens (primary N) is 1. The van der Waals surface area contributed by atoms with Crippen molar-refractivity contribution in [2.45, 2.75) is 0 Å². The Hall–Kier alpha value is -1.09. The van der Waals surface area contributed by atoms with Crippen molar-refractivity contribution in [2.24, 2.45) is 0 Å². The van der Waals surface area contributed by atoms with Crippen LogP contribution in [0.5, 0.6) is 11.5 Å². The zero-order valence-corrected chi connectivity index (χ0v) is 11.2. The zero-order chi connectivity index (χ0) is 11.7. The molecule has 7 heteroatoms. The Morgan fingerprint density at radius 1 is 1.44 bits per heavy atom. The third-order valence-corrected chi connectivity index (χ3v) is 3.56. The lowest BCUT2D eigenvalue weighted by atomic mass is 10.2. The summed E-state index contributed by atoms with van der Waals surface area (Å²) < 4.78 is 5.76. The van der Waals surface area contributed by atoms with E-state index in [0.717, 1.165) is 5.56 Å². The molecule has 0 aliphatic carbocycles. The number of anilines is 1. The van der Waals surface area contributed by atoms with Crippen molar-refractivity contribution >= 4 is 39.1 Å². The Balaban J connectivity index is 2.54. The number of nitrogen functional groups attached to an aromatic ring is 1.